The van der Waals surface area contributed by atoms with Crippen LogP contribution in [0.25, 0.3) is 0 Å². The predicted octanol–water partition coefficient (Wildman–Crippen LogP) is 1.40. The molecule has 2 amide bonds. The molecule has 0 radical (unpaired) electrons. The van der Waals surface area contributed by atoms with Crippen LogP contribution in [0, 0.1) is 0 Å². The predicted molar refractivity (Wildman–Crippen MR) is 116 cm³/mol. The summed E-state index contributed by atoms with van der Waals surface area (Å²) >= 11 is 0. The number of nitrogens with two attached hydrogens (primary N) is 1. The monoisotopic (exact) mass is 445 g/mol. The molecular formula is C22H27N3O5S. The lowest BCUT2D eigenvalue weighted by molar-refractivity contribution is -0.130. The molecule has 1 aliphatic rings. The molecule has 0 spiro atoms. The number of carbonyl (C=O) groups excluding carboxylic acids is 2. The second-order valence-electron chi connectivity index (χ2n) is 7.47. The Balaban J connectivity index is 1.55. The number of amides is 2. The SMILES string of the molecule is CN(Cc1cccc(C(N)=O)c1)C(=O)CCc1ccc(S(=O)(=O)N2CCOCC2)cc1. The van der Waals surface area contributed by atoms with E-state index in [0.29, 0.717) is 51.3 Å². The molecule has 0 atom stereocenters. The van der Waals surface area contributed by atoms with E-state index in [4.69, 9.17) is 10.5 Å². The maximum atomic E-state index is 12.7. The van der Waals surface area contributed by atoms with Crippen molar-refractivity contribution in [3.8, 4) is 0 Å². The number of nitrogens with zero attached hydrogens (tertiary/aromatic N) is 2. The van der Waals surface area contributed by atoms with Crippen LogP contribution in [0.4, 0.5) is 0 Å². The van der Waals surface area contributed by atoms with Crippen LogP contribution in [0.3, 0.4) is 0 Å². The zero-order valence-corrected chi connectivity index (χ0v) is 18.3. The number of rotatable bonds is 8. The summed E-state index contributed by atoms with van der Waals surface area (Å²) in [7, 11) is -1.82. The molecule has 1 saturated heterocycles. The third-order valence-electron chi connectivity index (χ3n) is 5.22. The molecule has 166 valence electrons. The summed E-state index contributed by atoms with van der Waals surface area (Å²) in [4.78, 5) is 25.6. The van der Waals surface area contributed by atoms with Crippen molar-refractivity contribution in [2.75, 3.05) is 33.4 Å². The molecule has 1 heterocycles. The van der Waals surface area contributed by atoms with Crippen LogP contribution in [0.1, 0.15) is 27.9 Å². The minimum atomic E-state index is -3.52. The van der Waals surface area contributed by atoms with Crippen LogP contribution in [-0.2, 0) is 32.5 Å². The average Bonchev–Trinajstić information content (AvgIpc) is 2.78. The highest BCUT2D eigenvalue weighted by molar-refractivity contribution is 7.89. The molecule has 0 aliphatic carbocycles. The minimum Gasteiger partial charge on any atom is -0.379 e. The van der Waals surface area contributed by atoms with Gasteiger partial charge in [0.05, 0.1) is 18.1 Å². The van der Waals surface area contributed by atoms with Gasteiger partial charge < -0.3 is 15.4 Å². The smallest absolute Gasteiger partial charge is 0.248 e. The quantitative estimate of drug-likeness (QED) is 0.660. The Morgan fingerprint density at radius 1 is 1.06 bits per heavy atom. The normalized spacial score (nSPS) is 14.9. The van der Waals surface area contributed by atoms with Gasteiger partial charge in [0, 0.05) is 38.7 Å². The van der Waals surface area contributed by atoms with E-state index in [0.717, 1.165) is 11.1 Å². The van der Waals surface area contributed by atoms with Crippen LogP contribution in [0.5, 0.6) is 0 Å². The van der Waals surface area contributed by atoms with Gasteiger partial charge in [0.25, 0.3) is 0 Å². The van der Waals surface area contributed by atoms with Crippen LogP contribution < -0.4 is 5.73 Å². The highest BCUT2D eigenvalue weighted by Crippen LogP contribution is 2.18. The van der Waals surface area contributed by atoms with Gasteiger partial charge >= 0.3 is 0 Å². The first kappa shape index (κ1) is 22.9. The van der Waals surface area contributed by atoms with Crippen molar-refractivity contribution in [3.05, 3.63) is 65.2 Å². The van der Waals surface area contributed by atoms with E-state index in [-0.39, 0.29) is 10.8 Å². The maximum absolute atomic E-state index is 12.7. The second kappa shape index (κ2) is 10.0. The van der Waals surface area contributed by atoms with Gasteiger partial charge in [-0.3, -0.25) is 9.59 Å². The summed E-state index contributed by atoms with van der Waals surface area (Å²) in [6.07, 6.45) is 0.796. The summed E-state index contributed by atoms with van der Waals surface area (Å²) in [6, 6.07) is 13.6. The van der Waals surface area contributed by atoms with Gasteiger partial charge in [-0.1, -0.05) is 24.3 Å². The second-order valence-corrected chi connectivity index (χ2v) is 9.41. The molecule has 0 aromatic heterocycles. The lowest BCUT2D eigenvalue weighted by atomic mass is 10.1. The maximum Gasteiger partial charge on any atom is 0.248 e. The largest absolute Gasteiger partial charge is 0.379 e. The Morgan fingerprint density at radius 2 is 1.74 bits per heavy atom. The van der Waals surface area contributed by atoms with Gasteiger partial charge in [-0.15, -0.1) is 0 Å². The third-order valence-corrected chi connectivity index (χ3v) is 7.13. The van der Waals surface area contributed by atoms with E-state index < -0.39 is 15.9 Å². The van der Waals surface area contributed by atoms with Gasteiger partial charge in [-0.05, 0) is 41.8 Å². The highest BCUT2D eigenvalue weighted by atomic mass is 32.2. The van der Waals surface area contributed by atoms with E-state index in [1.165, 1.54) is 4.31 Å². The number of carbonyl (C=O) groups is 2. The first-order chi connectivity index (χ1) is 14.8. The number of hydrogen-bond acceptors (Lipinski definition) is 5. The molecule has 8 nitrogen and oxygen atoms in total. The number of aryl methyl sites for hydroxylation is 1. The van der Waals surface area contributed by atoms with Crippen LogP contribution in [0.2, 0.25) is 0 Å². The molecule has 2 aromatic rings. The first-order valence-corrected chi connectivity index (χ1v) is 11.5. The fourth-order valence-corrected chi connectivity index (χ4v) is 4.80. The fraction of sp³-hybridized carbons (Fsp3) is 0.364. The molecule has 3 rings (SSSR count). The van der Waals surface area contributed by atoms with Gasteiger partial charge in [-0.2, -0.15) is 4.31 Å². The topological polar surface area (TPSA) is 110 Å². The summed E-state index contributed by atoms with van der Waals surface area (Å²) in [5.74, 6) is -0.551. The van der Waals surface area contributed by atoms with E-state index >= 15 is 0 Å². The molecule has 1 aliphatic heterocycles. The van der Waals surface area contributed by atoms with Crippen LogP contribution in [-0.4, -0.2) is 62.8 Å². The van der Waals surface area contributed by atoms with E-state index in [1.54, 1.807) is 54.4 Å². The van der Waals surface area contributed by atoms with Crippen molar-refractivity contribution in [1.29, 1.82) is 0 Å². The van der Waals surface area contributed by atoms with Crippen LogP contribution in [0.15, 0.2) is 53.4 Å². The zero-order valence-electron chi connectivity index (χ0n) is 17.5. The van der Waals surface area contributed by atoms with E-state index in [2.05, 4.69) is 0 Å². The van der Waals surface area contributed by atoms with Crippen molar-refractivity contribution < 1.29 is 22.7 Å². The van der Waals surface area contributed by atoms with Gasteiger partial charge in [-0.25, -0.2) is 8.42 Å². The molecule has 0 unspecified atom stereocenters. The molecule has 0 saturated carbocycles. The number of ether oxygens (including phenoxy) is 1. The third kappa shape index (κ3) is 5.90. The molecule has 2 aromatic carbocycles. The van der Waals surface area contributed by atoms with Crippen molar-refractivity contribution in [2.45, 2.75) is 24.3 Å². The molecule has 31 heavy (non-hydrogen) atoms. The average molecular weight is 446 g/mol. The number of sulfonamides is 1. The number of primary amides is 1. The summed E-state index contributed by atoms with van der Waals surface area (Å²) in [6.45, 7) is 1.89. The molecule has 9 heteroatoms. The van der Waals surface area contributed by atoms with Crippen molar-refractivity contribution in [1.82, 2.24) is 9.21 Å². The number of benzene rings is 2. The van der Waals surface area contributed by atoms with Crippen molar-refractivity contribution >= 4 is 21.8 Å². The van der Waals surface area contributed by atoms with Crippen molar-refractivity contribution in [3.63, 3.8) is 0 Å². The Morgan fingerprint density at radius 3 is 2.39 bits per heavy atom. The molecular weight excluding hydrogens is 418 g/mol. The summed E-state index contributed by atoms with van der Waals surface area (Å²) < 4.78 is 32.0. The Kier molecular flexibility index (Phi) is 7.42. The van der Waals surface area contributed by atoms with Gasteiger partial charge in [0.2, 0.25) is 21.8 Å². The van der Waals surface area contributed by atoms with Gasteiger partial charge in [0.1, 0.15) is 0 Å². The zero-order chi connectivity index (χ0) is 22.4. The van der Waals surface area contributed by atoms with E-state index in [1.807, 2.05) is 6.07 Å². The molecule has 0 bridgehead atoms. The van der Waals surface area contributed by atoms with Gasteiger partial charge in [0.15, 0.2) is 0 Å². The highest BCUT2D eigenvalue weighted by Gasteiger charge is 2.26. The lowest BCUT2D eigenvalue weighted by Crippen LogP contribution is -2.40. The minimum absolute atomic E-state index is 0.0468. The first-order valence-electron chi connectivity index (χ1n) is 10.1. The van der Waals surface area contributed by atoms with Crippen molar-refractivity contribution in [2.24, 2.45) is 5.73 Å². The van der Waals surface area contributed by atoms with E-state index in [9.17, 15) is 18.0 Å². The molecule has 2 N–H and O–H groups in total. The number of morpholine rings is 1. The fourth-order valence-electron chi connectivity index (χ4n) is 3.39. The Hall–Kier alpha value is -2.75. The molecule has 1 fully saturated rings. The number of hydrogen-bond donors (Lipinski definition) is 1. The lowest BCUT2D eigenvalue weighted by Gasteiger charge is -2.26. The van der Waals surface area contributed by atoms with Crippen LogP contribution >= 0.6 is 0 Å². The summed E-state index contributed by atoms with van der Waals surface area (Å²) in [5.41, 5.74) is 7.42. The Bertz CT molecular complexity index is 1030. The Labute approximate surface area is 182 Å². The standard InChI is InChI=1S/C22H27N3O5S/c1-24(16-18-3-2-4-19(15-18)22(23)27)21(26)10-7-17-5-8-20(9-6-17)31(28,29)25-11-13-30-14-12-25/h2-6,8-9,15H,7,10-14,16H2,1H3,(H2,23,27). The summed E-state index contributed by atoms with van der Waals surface area (Å²) in [5, 5.41) is 0.